The Kier molecular flexibility index (Phi) is 4.58. The first kappa shape index (κ1) is 15.1. The fraction of sp³-hybridized carbons (Fsp3) is 0.538. The van der Waals surface area contributed by atoms with E-state index < -0.39 is 11.5 Å². The van der Waals surface area contributed by atoms with E-state index >= 15 is 0 Å². The lowest BCUT2D eigenvalue weighted by molar-refractivity contribution is -0.137. The van der Waals surface area contributed by atoms with Crippen molar-refractivity contribution in [3.63, 3.8) is 0 Å². The summed E-state index contributed by atoms with van der Waals surface area (Å²) in [5, 5.41) is 8.75. The van der Waals surface area contributed by atoms with Gasteiger partial charge >= 0.3 is 5.97 Å². The Labute approximate surface area is 112 Å². The average Bonchev–Trinajstić information content (AvgIpc) is 2.27. The van der Waals surface area contributed by atoms with Crippen molar-refractivity contribution in [1.29, 1.82) is 0 Å². The largest absolute Gasteiger partial charge is 0.481 e. The summed E-state index contributed by atoms with van der Waals surface area (Å²) in [6.45, 7) is 7.50. The van der Waals surface area contributed by atoms with Crippen molar-refractivity contribution in [2.75, 3.05) is 6.54 Å². The minimum Gasteiger partial charge on any atom is -0.481 e. The van der Waals surface area contributed by atoms with Gasteiger partial charge in [0.15, 0.2) is 0 Å². The third kappa shape index (κ3) is 4.31. The van der Waals surface area contributed by atoms with E-state index in [1.165, 1.54) is 17.3 Å². The van der Waals surface area contributed by atoms with E-state index in [4.69, 9.17) is 5.11 Å². The molecule has 0 aromatic carbocycles. The SMILES string of the molecule is Cc1cnc(C(=O)N(CCC(=O)O)C(C)(C)C)cn1. The van der Waals surface area contributed by atoms with Crippen molar-refractivity contribution >= 4 is 11.9 Å². The summed E-state index contributed by atoms with van der Waals surface area (Å²) in [7, 11) is 0. The lowest BCUT2D eigenvalue weighted by Gasteiger charge is -2.35. The van der Waals surface area contributed by atoms with Gasteiger partial charge in [-0.05, 0) is 27.7 Å². The van der Waals surface area contributed by atoms with Gasteiger partial charge in [0.2, 0.25) is 0 Å². The van der Waals surface area contributed by atoms with Crippen LogP contribution < -0.4 is 0 Å². The molecular formula is C13H19N3O3. The number of carboxylic acid groups (broad SMARTS) is 1. The third-order valence-electron chi connectivity index (χ3n) is 2.60. The van der Waals surface area contributed by atoms with Gasteiger partial charge in [0.1, 0.15) is 5.69 Å². The van der Waals surface area contributed by atoms with Gasteiger partial charge in [-0.1, -0.05) is 0 Å². The van der Waals surface area contributed by atoms with Crippen LogP contribution in [0.4, 0.5) is 0 Å². The van der Waals surface area contributed by atoms with Crippen LogP contribution in [0.15, 0.2) is 12.4 Å². The van der Waals surface area contributed by atoms with Gasteiger partial charge < -0.3 is 10.0 Å². The van der Waals surface area contributed by atoms with Crippen LogP contribution in [0.3, 0.4) is 0 Å². The Morgan fingerprint density at radius 3 is 2.32 bits per heavy atom. The molecule has 0 saturated heterocycles. The molecule has 19 heavy (non-hydrogen) atoms. The van der Waals surface area contributed by atoms with Gasteiger partial charge in [-0.2, -0.15) is 0 Å². The number of hydrogen-bond acceptors (Lipinski definition) is 4. The lowest BCUT2D eigenvalue weighted by atomic mass is 10.0. The molecule has 6 nitrogen and oxygen atoms in total. The Morgan fingerprint density at radius 2 is 1.89 bits per heavy atom. The van der Waals surface area contributed by atoms with Gasteiger partial charge in [0.05, 0.1) is 18.3 Å². The standard InChI is InChI=1S/C13H19N3O3/c1-9-7-15-10(8-14-9)12(19)16(13(2,3)4)6-5-11(17)18/h7-8H,5-6H2,1-4H3,(H,17,18). The van der Waals surface area contributed by atoms with Crippen molar-refractivity contribution in [3.05, 3.63) is 23.8 Å². The van der Waals surface area contributed by atoms with Crippen LogP contribution in [0.1, 0.15) is 43.4 Å². The molecule has 1 amide bonds. The molecule has 6 heteroatoms. The van der Waals surface area contributed by atoms with E-state index in [0.29, 0.717) is 0 Å². The number of carbonyl (C=O) groups excluding carboxylic acids is 1. The molecule has 1 heterocycles. The molecule has 1 rings (SSSR count). The van der Waals surface area contributed by atoms with Crippen LogP contribution >= 0.6 is 0 Å². The predicted molar refractivity (Wildman–Crippen MR) is 69.8 cm³/mol. The molecule has 0 spiro atoms. The Morgan fingerprint density at radius 1 is 1.26 bits per heavy atom. The summed E-state index contributed by atoms with van der Waals surface area (Å²) in [5.41, 5.74) is 0.481. The number of aryl methyl sites for hydroxylation is 1. The second-order valence-electron chi connectivity index (χ2n) is 5.31. The van der Waals surface area contributed by atoms with E-state index in [9.17, 15) is 9.59 Å². The quantitative estimate of drug-likeness (QED) is 0.892. The molecular weight excluding hydrogens is 246 g/mol. The van der Waals surface area contributed by atoms with Crippen LogP contribution in [0.5, 0.6) is 0 Å². The summed E-state index contributed by atoms with van der Waals surface area (Å²) < 4.78 is 0. The summed E-state index contributed by atoms with van der Waals surface area (Å²) in [5.74, 6) is -1.24. The molecule has 0 aliphatic rings. The molecule has 0 atom stereocenters. The molecule has 0 bridgehead atoms. The van der Waals surface area contributed by atoms with E-state index in [2.05, 4.69) is 9.97 Å². The molecule has 1 N–H and O–H groups in total. The molecule has 0 radical (unpaired) electrons. The first-order valence-electron chi connectivity index (χ1n) is 6.04. The first-order chi connectivity index (χ1) is 8.71. The van der Waals surface area contributed by atoms with Crippen molar-refractivity contribution in [1.82, 2.24) is 14.9 Å². The average molecular weight is 265 g/mol. The van der Waals surface area contributed by atoms with E-state index in [1.807, 2.05) is 20.8 Å². The highest BCUT2D eigenvalue weighted by Crippen LogP contribution is 2.16. The highest BCUT2D eigenvalue weighted by Gasteiger charge is 2.28. The van der Waals surface area contributed by atoms with Gasteiger partial charge in [0.25, 0.3) is 5.91 Å². The summed E-state index contributed by atoms with van der Waals surface area (Å²) in [4.78, 5) is 32.6. The monoisotopic (exact) mass is 265 g/mol. The number of aliphatic carboxylic acids is 1. The van der Waals surface area contributed by atoms with Crippen molar-refractivity contribution in [3.8, 4) is 0 Å². The Bertz CT molecular complexity index is 463. The van der Waals surface area contributed by atoms with Gasteiger partial charge in [-0.3, -0.25) is 14.6 Å². The Hall–Kier alpha value is -1.98. The van der Waals surface area contributed by atoms with Crippen LogP contribution in [0.25, 0.3) is 0 Å². The smallest absolute Gasteiger partial charge is 0.305 e. The lowest BCUT2D eigenvalue weighted by Crippen LogP contribution is -2.47. The summed E-state index contributed by atoms with van der Waals surface area (Å²) in [6.07, 6.45) is 2.84. The molecule has 1 aromatic rings. The fourth-order valence-electron chi connectivity index (χ4n) is 1.59. The molecule has 1 aromatic heterocycles. The number of aromatic nitrogens is 2. The van der Waals surface area contributed by atoms with E-state index in [-0.39, 0.29) is 24.6 Å². The zero-order valence-corrected chi connectivity index (χ0v) is 11.7. The summed E-state index contributed by atoms with van der Waals surface area (Å²) in [6, 6.07) is 0. The maximum atomic E-state index is 12.3. The maximum Gasteiger partial charge on any atom is 0.305 e. The van der Waals surface area contributed by atoms with Gasteiger partial charge in [0, 0.05) is 18.3 Å². The molecule has 0 aliphatic carbocycles. The van der Waals surface area contributed by atoms with Crippen LogP contribution in [0, 0.1) is 6.92 Å². The Balaban J connectivity index is 2.94. The molecule has 0 aliphatic heterocycles. The minimum absolute atomic E-state index is 0.0949. The van der Waals surface area contributed by atoms with Gasteiger partial charge in [-0.25, -0.2) is 4.98 Å². The number of amides is 1. The molecule has 0 saturated carbocycles. The zero-order chi connectivity index (χ0) is 14.6. The number of carboxylic acids is 1. The van der Waals surface area contributed by atoms with Crippen LogP contribution in [0.2, 0.25) is 0 Å². The molecule has 0 unspecified atom stereocenters. The molecule has 104 valence electrons. The fourth-order valence-corrected chi connectivity index (χ4v) is 1.59. The van der Waals surface area contributed by atoms with E-state index in [0.717, 1.165) is 5.69 Å². The highest BCUT2D eigenvalue weighted by molar-refractivity contribution is 5.92. The van der Waals surface area contributed by atoms with Crippen molar-refractivity contribution in [2.45, 2.75) is 39.7 Å². The second-order valence-corrected chi connectivity index (χ2v) is 5.31. The zero-order valence-electron chi connectivity index (χ0n) is 11.7. The van der Waals surface area contributed by atoms with E-state index in [1.54, 1.807) is 6.92 Å². The second kappa shape index (κ2) is 5.77. The number of nitrogens with zero attached hydrogens (tertiary/aromatic N) is 3. The number of rotatable bonds is 4. The maximum absolute atomic E-state index is 12.3. The predicted octanol–water partition coefficient (Wildman–Crippen LogP) is 1.50. The third-order valence-corrected chi connectivity index (χ3v) is 2.60. The van der Waals surface area contributed by atoms with Crippen molar-refractivity contribution in [2.24, 2.45) is 0 Å². The van der Waals surface area contributed by atoms with Crippen molar-refractivity contribution < 1.29 is 14.7 Å². The highest BCUT2D eigenvalue weighted by atomic mass is 16.4. The minimum atomic E-state index is -0.933. The normalized spacial score (nSPS) is 11.2. The van der Waals surface area contributed by atoms with Crippen LogP contribution in [-0.4, -0.2) is 43.9 Å². The summed E-state index contributed by atoms with van der Waals surface area (Å²) >= 11 is 0. The first-order valence-corrected chi connectivity index (χ1v) is 6.04. The molecule has 0 fully saturated rings. The van der Waals surface area contributed by atoms with Crippen LogP contribution in [-0.2, 0) is 4.79 Å². The van der Waals surface area contributed by atoms with Gasteiger partial charge in [-0.15, -0.1) is 0 Å². The number of hydrogen-bond donors (Lipinski definition) is 1. The number of carbonyl (C=O) groups is 2. The topological polar surface area (TPSA) is 83.4 Å².